The molecule has 0 aliphatic carbocycles. The lowest BCUT2D eigenvalue weighted by Gasteiger charge is -2.42. The van der Waals surface area contributed by atoms with Gasteiger partial charge < -0.3 is 9.64 Å². The first-order valence-electron chi connectivity index (χ1n) is 8.58. The average Bonchev–Trinajstić information content (AvgIpc) is 2.63. The van der Waals surface area contributed by atoms with Gasteiger partial charge in [-0.2, -0.15) is 0 Å². The molecular weight excluding hydrogens is 306 g/mol. The standard InChI is InChI=1S/C18H25N3O3/c1-24-17(22)14-19-10-12-20(13-11-19)16-8-5-9-21(18(16)23)15-6-3-2-4-7-15/h2-4,6-7,16H,5,8-14H2,1H3/t16-/m0/s1. The van der Waals surface area contributed by atoms with Gasteiger partial charge in [0.1, 0.15) is 0 Å². The van der Waals surface area contributed by atoms with Crippen LogP contribution in [-0.4, -0.2) is 74.1 Å². The molecular formula is C18H25N3O3. The highest BCUT2D eigenvalue weighted by Gasteiger charge is 2.35. The molecule has 1 aromatic rings. The summed E-state index contributed by atoms with van der Waals surface area (Å²) in [5.41, 5.74) is 0.983. The zero-order valence-corrected chi connectivity index (χ0v) is 14.2. The molecule has 130 valence electrons. The second-order valence-corrected chi connectivity index (χ2v) is 6.37. The summed E-state index contributed by atoms with van der Waals surface area (Å²) >= 11 is 0. The van der Waals surface area contributed by atoms with Crippen LogP contribution < -0.4 is 4.90 Å². The number of anilines is 1. The van der Waals surface area contributed by atoms with Crippen molar-refractivity contribution >= 4 is 17.6 Å². The van der Waals surface area contributed by atoms with Gasteiger partial charge in [-0.3, -0.25) is 19.4 Å². The molecule has 0 saturated carbocycles. The summed E-state index contributed by atoms with van der Waals surface area (Å²) in [7, 11) is 1.41. The van der Waals surface area contributed by atoms with Crippen molar-refractivity contribution in [1.82, 2.24) is 9.80 Å². The maximum Gasteiger partial charge on any atom is 0.319 e. The summed E-state index contributed by atoms with van der Waals surface area (Å²) in [5, 5.41) is 0. The first-order valence-corrected chi connectivity index (χ1v) is 8.58. The lowest BCUT2D eigenvalue weighted by molar-refractivity contribution is -0.142. The van der Waals surface area contributed by atoms with Crippen molar-refractivity contribution in [3.63, 3.8) is 0 Å². The third kappa shape index (κ3) is 3.76. The van der Waals surface area contributed by atoms with Gasteiger partial charge in [0, 0.05) is 38.4 Å². The fraction of sp³-hybridized carbons (Fsp3) is 0.556. The van der Waals surface area contributed by atoms with Gasteiger partial charge in [0.2, 0.25) is 5.91 Å². The Morgan fingerprint density at radius 2 is 1.83 bits per heavy atom. The minimum Gasteiger partial charge on any atom is -0.468 e. The molecule has 3 rings (SSSR count). The van der Waals surface area contributed by atoms with E-state index in [0.29, 0.717) is 6.54 Å². The zero-order chi connectivity index (χ0) is 16.9. The summed E-state index contributed by atoms with van der Waals surface area (Å²) in [5.74, 6) is 0.00122. The normalized spacial score (nSPS) is 23.3. The number of hydrogen-bond acceptors (Lipinski definition) is 5. The highest BCUT2D eigenvalue weighted by atomic mass is 16.5. The van der Waals surface area contributed by atoms with Gasteiger partial charge in [0.25, 0.3) is 0 Å². The smallest absolute Gasteiger partial charge is 0.319 e. The largest absolute Gasteiger partial charge is 0.468 e. The third-order valence-corrected chi connectivity index (χ3v) is 4.91. The number of rotatable bonds is 4. The van der Waals surface area contributed by atoms with E-state index in [-0.39, 0.29) is 17.9 Å². The summed E-state index contributed by atoms with van der Waals surface area (Å²) in [6.07, 6.45) is 1.94. The van der Waals surface area contributed by atoms with Crippen molar-refractivity contribution in [3.05, 3.63) is 30.3 Å². The Bertz CT molecular complexity index is 570. The van der Waals surface area contributed by atoms with Gasteiger partial charge in [-0.25, -0.2) is 0 Å². The van der Waals surface area contributed by atoms with E-state index >= 15 is 0 Å². The molecule has 24 heavy (non-hydrogen) atoms. The summed E-state index contributed by atoms with van der Waals surface area (Å²) in [6.45, 7) is 4.35. The Hall–Kier alpha value is -1.92. The van der Waals surface area contributed by atoms with Crippen LogP contribution in [-0.2, 0) is 14.3 Å². The second-order valence-electron chi connectivity index (χ2n) is 6.37. The number of methoxy groups -OCH3 is 1. The molecule has 6 heteroatoms. The van der Waals surface area contributed by atoms with Gasteiger partial charge in [-0.15, -0.1) is 0 Å². The molecule has 1 amide bonds. The van der Waals surface area contributed by atoms with Crippen LogP contribution in [0.25, 0.3) is 0 Å². The van der Waals surface area contributed by atoms with Crippen LogP contribution in [0.2, 0.25) is 0 Å². The first kappa shape index (κ1) is 16.9. The minimum atomic E-state index is -0.201. The fourth-order valence-corrected chi connectivity index (χ4v) is 3.54. The average molecular weight is 331 g/mol. The molecule has 6 nitrogen and oxygen atoms in total. The molecule has 0 unspecified atom stereocenters. The van der Waals surface area contributed by atoms with Crippen LogP contribution >= 0.6 is 0 Å². The molecule has 0 spiro atoms. The van der Waals surface area contributed by atoms with Gasteiger partial charge >= 0.3 is 5.97 Å². The van der Waals surface area contributed by atoms with Crippen LogP contribution in [0.3, 0.4) is 0 Å². The quantitative estimate of drug-likeness (QED) is 0.770. The number of hydrogen-bond donors (Lipinski definition) is 0. The summed E-state index contributed by atoms with van der Waals surface area (Å²) in [4.78, 5) is 30.6. The van der Waals surface area contributed by atoms with Crippen molar-refractivity contribution in [2.24, 2.45) is 0 Å². The topological polar surface area (TPSA) is 53.1 Å². The van der Waals surface area contributed by atoms with Crippen LogP contribution in [0.15, 0.2) is 30.3 Å². The number of carbonyl (C=O) groups excluding carboxylic acids is 2. The van der Waals surface area contributed by atoms with E-state index in [0.717, 1.165) is 51.3 Å². The molecule has 2 fully saturated rings. The first-order chi connectivity index (χ1) is 11.7. The summed E-state index contributed by atoms with van der Waals surface area (Å²) < 4.78 is 4.72. The van der Waals surface area contributed by atoms with Gasteiger partial charge in [-0.1, -0.05) is 18.2 Å². The van der Waals surface area contributed by atoms with E-state index in [4.69, 9.17) is 4.74 Å². The van der Waals surface area contributed by atoms with Crippen molar-refractivity contribution in [2.45, 2.75) is 18.9 Å². The minimum absolute atomic E-state index is 0.0424. The predicted octanol–water partition coefficient (Wildman–Crippen LogP) is 0.973. The summed E-state index contributed by atoms with van der Waals surface area (Å²) in [6, 6.07) is 9.86. The molecule has 2 saturated heterocycles. The van der Waals surface area contributed by atoms with E-state index in [1.54, 1.807) is 0 Å². The molecule has 0 aromatic heterocycles. The lowest BCUT2D eigenvalue weighted by atomic mass is 10.0. The van der Waals surface area contributed by atoms with Gasteiger partial charge in [0.05, 0.1) is 19.7 Å². The van der Waals surface area contributed by atoms with Crippen molar-refractivity contribution in [1.29, 1.82) is 0 Å². The monoisotopic (exact) mass is 331 g/mol. The van der Waals surface area contributed by atoms with Crippen LogP contribution in [0.1, 0.15) is 12.8 Å². The highest BCUT2D eigenvalue weighted by molar-refractivity contribution is 5.97. The SMILES string of the molecule is COC(=O)CN1CCN([C@H]2CCCN(c3ccccc3)C2=O)CC1. The van der Waals surface area contributed by atoms with Crippen molar-refractivity contribution < 1.29 is 14.3 Å². The van der Waals surface area contributed by atoms with Crippen LogP contribution in [0.5, 0.6) is 0 Å². The number of para-hydroxylation sites is 1. The number of benzene rings is 1. The Kier molecular flexibility index (Phi) is 5.48. The van der Waals surface area contributed by atoms with E-state index in [1.165, 1.54) is 7.11 Å². The second kappa shape index (κ2) is 7.77. The van der Waals surface area contributed by atoms with Gasteiger partial charge in [0.15, 0.2) is 0 Å². The Morgan fingerprint density at radius 1 is 1.12 bits per heavy atom. The van der Waals surface area contributed by atoms with Crippen LogP contribution in [0.4, 0.5) is 5.69 Å². The number of ether oxygens (including phenoxy) is 1. The molecule has 0 bridgehead atoms. The van der Waals surface area contributed by atoms with Crippen molar-refractivity contribution in [3.8, 4) is 0 Å². The van der Waals surface area contributed by atoms with E-state index in [2.05, 4.69) is 9.80 Å². The number of esters is 1. The molecule has 2 aliphatic heterocycles. The predicted molar refractivity (Wildman–Crippen MR) is 91.8 cm³/mol. The molecule has 2 heterocycles. The number of amides is 1. The van der Waals surface area contributed by atoms with E-state index in [9.17, 15) is 9.59 Å². The van der Waals surface area contributed by atoms with Crippen LogP contribution in [0, 0.1) is 0 Å². The fourth-order valence-electron chi connectivity index (χ4n) is 3.54. The van der Waals surface area contributed by atoms with Gasteiger partial charge in [-0.05, 0) is 25.0 Å². The Labute approximate surface area is 143 Å². The van der Waals surface area contributed by atoms with E-state index in [1.807, 2.05) is 35.2 Å². The molecule has 2 aliphatic rings. The van der Waals surface area contributed by atoms with E-state index < -0.39 is 0 Å². The lowest BCUT2D eigenvalue weighted by Crippen LogP contribution is -2.58. The number of nitrogens with zero attached hydrogens (tertiary/aromatic N) is 3. The Morgan fingerprint density at radius 3 is 2.50 bits per heavy atom. The third-order valence-electron chi connectivity index (χ3n) is 4.91. The molecule has 0 radical (unpaired) electrons. The zero-order valence-electron chi connectivity index (χ0n) is 14.2. The van der Waals surface area contributed by atoms with Crippen molar-refractivity contribution in [2.75, 3.05) is 51.3 Å². The number of piperidine rings is 1. The molecule has 0 N–H and O–H groups in total. The Balaban J connectivity index is 1.59. The maximum absolute atomic E-state index is 12.9. The molecule has 1 atom stereocenters. The number of carbonyl (C=O) groups is 2. The maximum atomic E-state index is 12.9. The highest BCUT2D eigenvalue weighted by Crippen LogP contribution is 2.24. The number of piperazine rings is 1. The molecule has 1 aromatic carbocycles.